The summed E-state index contributed by atoms with van der Waals surface area (Å²) in [4.78, 5) is 0. The molecule has 2 unspecified atom stereocenters. The van der Waals surface area contributed by atoms with Gasteiger partial charge in [-0.25, -0.2) is 0 Å². The van der Waals surface area contributed by atoms with Gasteiger partial charge in [0.2, 0.25) is 0 Å². The van der Waals surface area contributed by atoms with Gasteiger partial charge in [-0.1, -0.05) is 6.92 Å². The summed E-state index contributed by atoms with van der Waals surface area (Å²) < 4.78 is 49.5. The highest BCUT2D eigenvalue weighted by Crippen LogP contribution is 2.46. The number of unbranched alkanes of at least 4 members (excludes halogenated alkanes) is 1. The Morgan fingerprint density at radius 2 is 1.28 bits per heavy atom. The maximum absolute atomic E-state index is 6.53. The van der Waals surface area contributed by atoms with E-state index in [1.54, 1.807) is 0 Å². The van der Waals surface area contributed by atoms with Gasteiger partial charge >= 0.3 is 8.80 Å². The number of rotatable bonds is 22. The summed E-state index contributed by atoms with van der Waals surface area (Å²) in [5, 5.41) is 0. The lowest BCUT2D eigenvalue weighted by Gasteiger charge is -2.53. The normalized spacial score (nSPS) is 18.7. The molecule has 0 spiro atoms. The largest absolute Gasteiger partial charge is 0.567 e. The summed E-state index contributed by atoms with van der Waals surface area (Å²) in [6.45, 7) is 18.6. The number of hydrogen-bond donors (Lipinski definition) is 0. The van der Waals surface area contributed by atoms with Gasteiger partial charge in [-0.3, -0.25) is 0 Å². The zero-order valence-electron chi connectivity index (χ0n) is 21.5. The summed E-state index contributed by atoms with van der Waals surface area (Å²) in [5.74, 6) is 0. The molecule has 1 aliphatic heterocycles. The van der Waals surface area contributed by atoms with Crippen molar-refractivity contribution >= 4 is 8.80 Å². The lowest BCUT2D eigenvalue weighted by atomic mass is 9.91. The molecular formula is C23H48O8Si. The van der Waals surface area contributed by atoms with Crippen LogP contribution >= 0.6 is 0 Å². The fourth-order valence-electron chi connectivity index (χ4n) is 4.26. The van der Waals surface area contributed by atoms with Crippen molar-refractivity contribution in [2.24, 2.45) is 0 Å². The molecule has 0 aromatic rings. The highest BCUT2D eigenvalue weighted by atomic mass is 28.4. The zero-order chi connectivity index (χ0) is 23.9. The molecule has 0 saturated carbocycles. The van der Waals surface area contributed by atoms with E-state index < -0.39 is 19.8 Å². The van der Waals surface area contributed by atoms with Gasteiger partial charge < -0.3 is 37.0 Å². The average Bonchev–Trinajstić information content (AvgIpc) is 3.60. The molecule has 32 heavy (non-hydrogen) atoms. The van der Waals surface area contributed by atoms with Gasteiger partial charge in [0, 0.05) is 46.2 Å². The first kappa shape index (κ1) is 29.9. The number of epoxide rings is 1. The lowest BCUT2D eigenvalue weighted by molar-refractivity contribution is -0.315. The monoisotopic (exact) mass is 480 g/mol. The molecule has 1 fully saturated rings. The third-order valence-electron chi connectivity index (χ3n) is 5.52. The Hall–Kier alpha value is -0.103. The molecule has 0 aromatic heterocycles. The van der Waals surface area contributed by atoms with Crippen LogP contribution in [-0.2, 0) is 37.0 Å². The van der Waals surface area contributed by atoms with E-state index in [0.717, 1.165) is 19.4 Å². The van der Waals surface area contributed by atoms with Crippen LogP contribution in [0, 0.1) is 0 Å². The van der Waals surface area contributed by atoms with E-state index in [0.29, 0.717) is 65.7 Å². The van der Waals surface area contributed by atoms with Crippen molar-refractivity contribution in [3.8, 4) is 0 Å². The van der Waals surface area contributed by atoms with Gasteiger partial charge in [0.05, 0.1) is 13.2 Å². The molecule has 192 valence electrons. The van der Waals surface area contributed by atoms with Crippen LogP contribution in [0.5, 0.6) is 0 Å². The van der Waals surface area contributed by atoms with E-state index in [1.165, 1.54) is 0 Å². The second-order valence-corrected chi connectivity index (χ2v) is 10.2. The van der Waals surface area contributed by atoms with E-state index in [1.807, 2.05) is 41.5 Å². The minimum atomic E-state index is -3.51. The van der Waals surface area contributed by atoms with Crippen LogP contribution in [0.4, 0.5) is 0 Å². The van der Waals surface area contributed by atoms with Crippen LogP contribution in [0.1, 0.15) is 74.1 Å². The molecule has 2 atom stereocenters. The third-order valence-corrected chi connectivity index (χ3v) is 9.07. The summed E-state index contributed by atoms with van der Waals surface area (Å²) in [5.41, 5.74) is -2.07. The highest BCUT2D eigenvalue weighted by molar-refractivity contribution is 6.64. The van der Waals surface area contributed by atoms with E-state index in [4.69, 9.17) is 37.0 Å². The van der Waals surface area contributed by atoms with E-state index >= 15 is 0 Å². The van der Waals surface area contributed by atoms with E-state index in [-0.39, 0.29) is 6.10 Å². The standard InChI is InChI=1S/C23H48O8Si/c1-8-22(26-9-2,17-15-16-18-24-19-21-20-25-21)23(27-10-3,28-11-4)32(29-12-5,30-13-6)31-14-7/h21H,8-20H2,1-7H3. The third kappa shape index (κ3) is 7.45. The Labute approximate surface area is 196 Å². The lowest BCUT2D eigenvalue weighted by Crippen LogP contribution is -2.77. The van der Waals surface area contributed by atoms with Gasteiger partial charge in [0.25, 0.3) is 5.41 Å². The Kier molecular flexibility index (Phi) is 14.7. The van der Waals surface area contributed by atoms with Crippen molar-refractivity contribution in [2.45, 2.75) is 91.3 Å². The predicted octanol–water partition coefficient (Wildman–Crippen LogP) is 4.11. The summed E-state index contributed by atoms with van der Waals surface area (Å²) >= 11 is 0. The molecule has 9 heteroatoms. The van der Waals surface area contributed by atoms with Crippen LogP contribution in [0.2, 0.25) is 0 Å². The Bertz CT molecular complexity index is 454. The van der Waals surface area contributed by atoms with E-state index in [9.17, 15) is 0 Å². The van der Waals surface area contributed by atoms with Gasteiger partial charge in [-0.05, 0) is 67.2 Å². The van der Waals surface area contributed by atoms with Crippen molar-refractivity contribution in [1.29, 1.82) is 0 Å². The molecule has 0 N–H and O–H groups in total. The van der Waals surface area contributed by atoms with Crippen LogP contribution in [0.25, 0.3) is 0 Å². The Morgan fingerprint density at radius 1 is 0.750 bits per heavy atom. The first-order valence-corrected chi connectivity index (χ1v) is 14.3. The molecule has 0 aliphatic carbocycles. The first-order chi connectivity index (χ1) is 15.5. The van der Waals surface area contributed by atoms with Gasteiger partial charge in [0.1, 0.15) is 11.7 Å². The summed E-state index contributed by atoms with van der Waals surface area (Å²) in [6, 6.07) is 0. The Balaban J connectivity index is 3.30. The maximum atomic E-state index is 6.53. The number of hydrogen-bond acceptors (Lipinski definition) is 8. The van der Waals surface area contributed by atoms with Crippen molar-refractivity contribution in [3.05, 3.63) is 0 Å². The SMILES string of the molecule is CCOC(CC)(CCCCOCC1CO1)C(OCC)(OCC)[Si](OCC)(OCC)OCC. The molecule has 0 aromatic carbocycles. The van der Waals surface area contributed by atoms with Gasteiger partial charge in [0.15, 0.2) is 0 Å². The van der Waals surface area contributed by atoms with Crippen LogP contribution in [-0.4, -0.2) is 85.4 Å². The molecule has 1 heterocycles. The minimum Gasteiger partial charge on any atom is -0.379 e. The smallest absolute Gasteiger partial charge is 0.379 e. The maximum Gasteiger partial charge on any atom is 0.567 e. The Morgan fingerprint density at radius 3 is 1.69 bits per heavy atom. The second-order valence-electron chi connectivity index (χ2n) is 7.61. The molecule has 1 saturated heterocycles. The van der Waals surface area contributed by atoms with Gasteiger partial charge in [-0.2, -0.15) is 0 Å². The van der Waals surface area contributed by atoms with Crippen molar-refractivity contribution < 1.29 is 37.0 Å². The minimum absolute atomic E-state index is 0.284. The molecule has 0 amide bonds. The molecular weight excluding hydrogens is 432 g/mol. The molecule has 0 bridgehead atoms. The molecule has 1 rings (SSSR count). The quantitative estimate of drug-likeness (QED) is 0.0991. The second kappa shape index (κ2) is 15.7. The van der Waals surface area contributed by atoms with E-state index in [2.05, 4.69) is 6.92 Å². The topological polar surface area (TPSA) is 77.1 Å². The molecule has 1 aliphatic rings. The van der Waals surface area contributed by atoms with Crippen molar-refractivity contribution in [3.63, 3.8) is 0 Å². The molecule has 8 nitrogen and oxygen atoms in total. The summed E-state index contributed by atoms with van der Waals surface area (Å²) in [6.07, 6.45) is 3.45. The van der Waals surface area contributed by atoms with Crippen LogP contribution in [0.3, 0.4) is 0 Å². The van der Waals surface area contributed by atoms with Crippen LogP contribution < -0.4 is 0 Å². The van der Waals surface area contributed by atoms with Crippen molar-refractivity contribution in [1.82, 2.24) is 0 Å². The predicted molar refractivity (Wildman–Crippen MR) is 126 cm³/mol. The summed E-state index contributed by atoms with van der Waals surface area (Å²) in [7, 11) is -3.51. The van der Waals surface area contributed by atoms with Crippen LogP contribution in [0.15, 0.2) is 0 Å². The average molecular weight is 481 g/mol. The first-order valence-electron chi connectivity index (χ1n) is 12.5. The zero-order valence-corrected chi connectivity index (χ0v) is 22.5. The van der Waals surface area contributed by atoms with Crippen molar-refractivity contribution in [2.75, 3.05) is 59.5 Å². The highest BCUT2D eigenvalue weighted by Gasteiger charge is 2.73. The molecule has 0 radical (unpaired) electrons. The number of ether oxygens (including phenoxy) is 5. The van der Waals surface area contributed by atoms with Gasteiger partial charge in [-0.15, -0.1) is 0 Å². The fourth-order valence-corrected chi connectivity index (χ4v) is 7.79. The fraction of sp³-hybridized carbons (Fsp3) is 1.00.